The van der Waals surface area contributed by atoms with Gasteiger partial charge in [-0.25, -0.2) is 4.98 Å². The van der Waals surface area contributed by atoms with Crippen molar-refractivity contribution in [1.29, 1.82) is 0 Å². The van der Waals surface area contributed by atoms with Crippen LogP contribution in [0, 0.1) is 6.92 Å². The number of hydrogen-bond acceptors (Lipinski definition) is 5. The van der Waals surface area contributed by atoms with E-state index in [4.69, 9.17) is 11.6 Å². The molecule has 3 aromatic rings. The van der Waals surface area contributed by atoms with Crippen LogP contribution in [-0.4, -0.2) is 53.8 Å². The van der Waals surface area contributed by atoms with Gasteiger partial charge in [-0.2, -0.15) is 0 Å². The van der Waals surface area contributed by atoms with Gasteiger partial charge in [0, 0.05) is 50.6 Å². The van der Waals surface area contributed by atoms with Crippen LogP contribution in [0.15, 0.2) is 60.8 Å². The van der Waals surface area contributed by atoms with Crippen molar-refractivity contribution in [3.63, 3.8) is 0 Å². The van der Waals surface area contributed by atoms with Crippen LogP contribution < -0.4 is 15.5 Å². The summed E-state index contributed by atoms with van der Waals surface area (Å²) < 4.78 is 0. The summed E-state index contributed by atoms with van der Waals surface area (Å²) in [6.45, 7) is 6.18. The van der Waals surface area contributed by atoms with Crippen molar-refractivity contribution >= 4 is 46.5 Å². The molecule has 0 bridgehead atoms. The van der Waals surface area contributed by atoms with Crippen LogP contribution in [0.1, 0.15) is 33.2 Å². The third-order valence-electron chi connectivity index (χ3n) is 5.81. The summed E-state index contributed by atoms with van der Waals surface area (Å²) in [4.78, 5) is 45.2. The Morgan fingerprint density at radius 2 is 1.63 bits per heavy atom. The minimum absolute atomic E-state index is 0.0738. The van der Waals surface area contributed by atoms with Gasteiger partial charge in [-0.05, 0) is 49.4 Å². The van der Waals surface area contributed by atoms with Gasteiger partial charge in [0.05, 0.1) is 16.3 Å². The zero-order valence-corrected chi connectivity index (χ0v) is 20.3. The van der Waals surface area contributed by atoms with E-state index in [-0.39, 0.29) is 17.7 Å². The third-order valence-corrected chi connectivity index (χ3v) is 6.14. The van der Waals surface area contributed by atoms with Gasteiger partial charge in [-0.3, -0.25) is 14.4 Å². The van der Waals surface area contributed by atoms with Crippen molar-refractivity contribution in [2.75, 3.05) is 41.7 Å². The number of carbonyl (C=O) groups is 3. The lowest BCUT2D eigenvalue weighted by molar-refractivity contribution is -0.129. The standard InChI is InChI=1S/C26H26ClN5O3/c1-17-4-3-5-19(14-17)25(34)30-23-15-21(7-8-22(23)27)29-26(35)20-6-9-24(28-16-20)32-12-10-31(11-13-32)18(2)33/h3-9,14-16H,10-13H2,1-2H3,(H,29,35)(H,30,34). The van der Waals surface area contributed by atoms with E-state index in [1.54, 1.807) is 49.4 Å². The van der Waals surface area contributed by atoms with Gasteiger partial charge in [-0.1, -0.05) is 29.3 Å². The predicted octanol–water partition coefficient (Wildman–Crippen LogP) is 4.22. The topological polar surface area (TPSA) is 94.6 Å². The second kappa shape index (κ2) is 10.6. The van der Waals surface area contributed by atoms with Crippen molar-refractivity contribution < 1.29 is 14.4 Å². The molecule has 0 unspecified atom stereocenters. The number of hydrogen-bond donors (Lipinski definition) is 2. The molecule has 2 heterocycles. The number of aryl methyl sites for hydroxylation is 1. The van der Waals surface area contributed by atoms with Crippen LogP contribution in [-0.2, 0) is 4.79 Å². The molecule has 0 spiro atoms. The van der Waals surface area contributed by atoms with E-state index < -0.39 is 0 Å². The molecule has 180 valence electrons. The van der Waals surface area contributed by atoms with Crippen molar-refractivity contribution in [2.24, 2.45) is 0 Å². The summed E-state index contributed by atoms with van der Waals surface area (Å²) in [5.74, 6) is 0.217. The number of rotatable bonds is 5. The average molecular weight is 492 g/mol. The summed E-state index contributed by atoms with van der Waals surface area (Å²) in [6, 6.07) is 15.6. The van der Waals surface area contributed by atoms with E-state index in [9.17, 15) is 14.4 Å². The third kappa shape index (κ3) is 5.96. The highest BCUT2D eigenvalue weighted by Gasteiger charge is 2.20. The summed E-state index contributed by atoms with van der Waals surface area (Å²) in [5, 5.41) is 5.98. The molecule has 1 aliphatic rings. The van der Waals surface area contributed by atoms with Crippen molar-refractivity contribution in [2.45, 2.75) is 13.8 Å². The number of benzene rings is 2. The maximum Gasteiger partial charge on any atom is 0.257 e. The highest BCUT2D eigenvalue weighted by Crippen LogP contribution is 2.27. The predicted molar refractivity (Wildman–Crippen MR) is 137 cm³/mol. The Morgan fingerprint density at radius 1 is 0.886 bits per heavy atom. The van der Waals surface area contributed by atoms with Gasteiger partial charge in [-0.15, -0.1) is 0 Å². The fourth-order valence-electron chi connectivity index (χ4n) is 3.84. The van der Waals surface area contributed by atoms with Gasteiger partial charge < -0.3 is 20.4 Å². The van der Waals surface area contributed by atoms with Crippen LogP contribution in [0.25, 0.3) is 0 Å². The van der Waals surface area contributed by atoms with Gasteiger partial charge in [0.15, 0.2) is 0 Å². The number of aromatic nitrogens is 1. The van der Waals surface area contributed by atoms with E-state index in [2.05, 4.69) is 20.5 Å². The molecular formula is C26H26ClN5O3. The monoisotopic (exact) mass is 491 g/mol. The first-order valence-corrected chi connectivity index (χ1v) is 11.6. The first-order valence-electron chi connectivity index (χ1n) is 11.3. The van der Waals surface area contributed by atoms with E-state index in [1.807, 2.05) is 24.0 Å². The van der Waals surface area contributed by atoms with E-state index in [0.29, 0.717) is 53.7 Å². The lowest BCUT2D eigenvalue weighted by Gasteiger charge is -2.34. The minimum atomic E-state index is -0.330. The average Bonchev–Trinajstić information content (AvgIpc) is 2.86. The molecule has 3 amide bonds. The van der Waals surface area contributed by atoms with Crippen LogP contribution in [0.4, 0.5) is 17.2 Å². The molecular weight excluding hydrogens is 466 g/mol. The van der Waals surface area contributed by atoms with Crippen molar-refractivity contribution in [1.82, 2.24) is 9.88 Å². The Labute approximate surface area is 208 Å². The maximum absolute atomic E-state index is 12.8. The first kappa shape index (κ1) is 24.2. The molecule has 1 aromatic heterocycles. The van der Waals surface area contributed by atoms with Crippen LogP contribution >= 0.6 is 11.6 Å². The molecule has 1 saturated heterocycles. The lowest BCUT2D eigenvalue weighted by Crippen LogP contribution is -2.48. The Hall–Kier alpha value is -3.91. The van der Waals surface area contributed by atoms with Crippen molar-refractivity contribution in [3.8, 4) is 0 Å². The van der Waals surface area contributed by atoms with E-state index >= 15 is 0 Å². The summed E-state index contributed by atoms with van der Waals surface area (Å²) in [5.41, 5.74) is 2.78. The highest BCUT2D eigenvalue weighted by molar-refractivity contribution is 6.34. The number of nitrogens with one attached hydrogen (secondary N) is 2. The molecule has 0 aliphatic carbocycles. The molecule has 2 N–H and O–H groups in total. The fraction of sp³-hybridized carbons (Fsp3) is 0.231. The summed E-state index contributed by atoms with van der Waals surface area (Å²) in [6.07, 6.45) is 1.53. The zero-order chi connectivity index (χ0) is 24.9. The maximum atomic E-state index is 12.8. The second-order valence-corrected chi connectivity index (χ2v) is 8.78. The fourth-order valence-corrected chi connectivity index (χ4v) is 4.01. The second-order valence-electron chi connectivity index (χ2n) is 8.37. The number of anilines is 3. The van der Waals surface area contributed by atoms with Gasteiger partial charge in [0.25, 0.3) is 11.8 Å². The van der Waals surface area contributed by atoms with Crippen LogP contribution in [0.5, 0.6) is 0 Å². The molecule has 4 rings (SSSR count). The van der Waals surface area contributed by atoms with Gasteiger partial charge in [0.1, 0.15) is 5.82 Å². The quantitative estimate of drug-likeness (QED) is 0.557. The van der Waals surface area contributed by atoms with Gasteiger partial charge in [0.2, 0.25) is 5.91 Å². The molecule has 0 saturated carbocycles. The van der Waals surface area contributed by atoms with Crippen LogP contribution in [0.3, 0.4) is 0 Å². The molecule has 1 aliphatic heterocycles. The van der Waals surface area contributed by atoms with E-state index in [1.165, 1.54) is 6.20 Å². The molecule has 0 atom stereocenters. The normalized spacial score (nSPS) is 13.3. The Balaban J connectivity index is 1.40. The largest absolute Gasteiger partial charge is 0.353 e. The number of nitrogens with zero attached hydrogens (tertiary/aromatic N) is 3. The van der Waals surface area contributed by atoms with Crippen LogP contribution in [0.2, 0.25) is 5.02 Å². The zero-order valence-electron chi connectivity index (χ0n) is 19.5. The molecule has 2 aromatic carbocycles. The number of amides is 3. The Morgan fingerprint density at radius 3 is 2.29 bits per heavy atom. The number of halogens is 1. The SMILES string of the molecule is CC(=O)N1CCN(c2ccc(C(=O)Nc3ccc(Cl)c(NC(=O)c4cccc(C)c4)c3)cn2)CC1. The molecule has 8 nitrogen and oxygen atoms in total. The molecule has 9 heteroatoms. The number of carbonyl (C=O) groups excluding carboxylic acids is 3. The van der Waals surface area contributed by atoms with Crippen molar-refractivity contribution in [3.05, 3.63) is 82.5 Å². The van der Waals surface area contributed by atoms with Gasteiger partial charge >= 0.3 is 0 Å². The number of piperazine rings is 1. The minimum Gasteiger partial charge on any atom is -0.353 e. The lowest BCUT2D eigenvalue weighted by atomic mass is 10.1. The molecule has 1 fully saturated rings. The summed E-state index contributed by atoms with van der Waals surface area (Å²) >= 11 is 6.27. The summed E-state index contributed by atoms with van der Waals surface area (Å²) in [7, 11) is 0. The van der Waals surface area contributed by atoms with E-state index in [0.717, 1.165) is 11.4 Å². The Bertz CT molecular complexity index is 1250. The first-order chi connectivity index (χ1) is 16.8. The smallest absolute Gasteiger partial charge is 0.257 e. The highest BCUT2D eigenvalue weighted by atomic mass is 35.5. The number of pyridine rings is 1. The molecule has 0 radical (unpaired) electrons. The Kier molecular flexibility index (Phi) is 7.31. The molecule has 35 heavy (non-hydrogen) atoms.